The highest BCUT2D eigenvalue weighted by molar-refractivity contribution is 7.95. The summed E-state index contributed by atoms with van der Waals surface area (Å²) in [6, 6.07) is 5.29. The number of hydrogen-bond acceptors (Lipinski definition) is 6. The Morgan fingerprint density at radius 1 is 1.23 bits per heavy atom. The molecule has 9 heteroatoms. The molecular formula is C21H28FN4O2PS. The van der Waals surface area contributed by atoms with E-state index in [1.165, 1.54) is 17.3 Å². The van der Waals surface area contributed by atoms with Crippen LogP contribution >= 0.6 is 21.4 Å². The summed E-state index contributed by atoms with van der Waals surface area (Å²) in [7, 11) is 2.71. The Morgan fingerprint density at radius 2 is 2.07 bits per heavy atom. The molecule has 3 aliphatic rings. The highest BCUT2D eigenvalue weighted by Gasteiger charge is 2.36. The minimum Gasteiger partial charge on any atom is -0.379 e. The van der Waals surface area contributed by atoms with Crippen molar-refractivity contribution < 1.29 is 13.9 Å². The Morgan fingerprint density at radius 3 is 2.83 bits per heavy atom. The van der Waals surface area contributed by atoms with Gasteiger partial charge in [0.2, 0.25) is 0 Å². The average molecular weight is 451 g/mol. The number of halogens is 1. The normalized spacial score (nSPS) is 28.0. The number of hydrogen-bond donors (Lipinski definition) is 0. The summed E-state index contributed by atoms with van der Waals surface area (Å²) in [6.45, 7) is 8.10. The van der Waals surface area contributed by atoms with Gasteiger partial charge in [-0.3, -0.25) is 4.90 Å². The topological polar surface area (TPSA) is 42.8 Å². The predicted molar refractivity (Wildman–Crippen MR) is 119 cm³/mol. The molecule has 2 aromatic rings. The molecule has 3 aliphatic heterocycles. The molecule has 0 aliphatic carbocycles. The van der Waals surface area contributed by atoms with Crippen molar-refractivity contribution in [2.24, 2.45) is 5.92 Å². The number of rotatable bonds is 4. The highest BCUT2D eigenvalue weighted by atomic mass is 32.2. The molecule has 3 unspecified atom stereocenters. The molecule has 6 nitrogen and oxygen atoms in total. The fourth-order valence-corrected chi connectivity index (χ4v) is 5.84. The van der Waals surface area contributed by atoms with Crippen LogP contribution < -0.4 is 5.30 Å². The van der Waals surface area contributed by atoms with E-state index in [1.54, 1.807) is 18.2 Å². The molecule has 5 rings (SSSR count). The van der Waals surface area contributed by atoms with Crippen molar-refractivity contribution in [3.63, 3.8) is 0 Å². The van der Waals surface area contributed by atoms with E-state index in [0.29, 0.717) is 18.6 Å². The summed E-state index contributed by atoms with van der Waals surface area (Å²) >= 11 is 1.67. The molecule has 0 N–H and O–H groups in total. The van der Waals surface area contributed by atoms with Crippen LogP contribution in [0.5, 0.6) is 0 Å². The zero-order valence-corrected chi connectivity index (χ0v) is 19.1. The summed E-state index contributed by atoms with van der Waals surface area (Å²) in [4.78, 5) is 2.47. The average Bonchev–Trinajstić information content (AvgIpc) is 3.29. The first kappa shape index (κ1) is 20.9. The molecule has 2 fully saturated rings. The molecule has 162 valence electrons. The van der Waals surface area contributed by atoms with Crippen molar-refractivity contribution >= 4 is 26.7 Å². The molecule has 30 heavy (non-hydrogen) atoms. The monoisotopic (exact) mass is 450 g/mol. The van der Waals surface area contributed by atoms with Crippen molar-refractivity contribution in [1.29, 1.82) is 0 Å². The first-order chi connectivity index (χ1) is 14.6. The van der Waals surface area contributed by atoms with Gasteiger partial charge in [0.1, 0.15) is 5.82 Å². The Kier molecular flexibility index (Phi) is 6.15. The summed E-state index contributed by atoms with van der Waals surface area (Å²) in [5.41, 5.74) is 3.43. The van der Waals surface area contributed by atoms with Gasteiger partial charge in [-0.2, -0.15) is 9.19 Å². The van der Waals surface area contributed by atoms with Gasteiger partial charge < -0.3 is 9.47 Å². The van der Waals surface area contributed by atoms with Crippen LogP contribution in [0.3, 0.4) is 0 Å². The number of nitrogens with zero attached hydrogens (tertiary/aromatic N) is 4. The molecule has 0 bridgehead atoms. The second kappa shape index (κ2) is 8.85. The van der Waals surface area contributed by atoms with E-state index in [9.17, 15) is 4.39 Å². The van der Waals surface area contributed by atoms with Crippen LogP contribution in [-0.4, -0.2) is 57.3 Å². The van der Waals surface area contributed by atoms with Crippen LogP contribution in [0, 0.1) is 11.7 Å². The minimum atomic E-state index is -0.203. The van der Waals surface area contributed by atoms with Gasteiger partial charge in [0.25, 0.3) is 0 Å². The van der Waals surface area contributed by atoms with Gasteiger partial charge in [-0.05, 0) is 35.3 Å². The van der Waals surface area contributed by atoms with E-state index in [4.69, 9.17) is 14.6 Å². The molecule has 0 spiro atoms. The van der Waals surface area contributed by atoms with E-state index in [-0.39, 0.29) is 11.9 Å². The van der Waals surface area contributed by atoms with Crippen molar-refractivity contribution in [3.8, 4) is 0 Å². The molecule has 4 atom stereocenters. The second-order valence-corrected chi connectivity index (χ2v) is 10.1. The number of benzene rings is 1. The number of morpholine rings is 1. The van der Waals surface area contributed by atoms with Gasteiger partial charge in [0.05, 0.1) is 43.8 Å². The Hall–Kier alpha value is -1.02. The van der Waals surface area contributed by atoms with Gasteiger partial charge in [-0.15, -0.1) is 9.24 Å². The van der Waals surface area contributed by atoms with E-state index >= 15 is 0 Å². The SMILES string of the molecule is CC1CC(N2Cc3cn(SN4CCOCC4)nc3C2)CO[C@@H]1c1cc(F)ccc1P. The maximum Gasteiger partial charge on any atom is 0.123 e. The maximum absolute atomic E-state index is 13.8. The lowest BCUT2D eigenvalue weighted by Gasteiger charge is -2.39. The first-order valence-corrected chi connectivity index (χ1v) is 11.9. The largest absolute Gasteiger partial charge is 0.379 e. The van der Waals surface area contributed by atoms with Gasteiger partial charge >= 0.3 is 0 Å². The van der Waals surface area contributed by atoms with Crippen LogP contribution in [0.15, 0.2) is 24.4 Å². The fourth-order valence-electron chi connectivity index (χ4n) is 4.64. The first-order valence-electron chi connectivity index (χ1n) is 10.6. The molecule has 4 heterocycles. The lowest BCUT2D eigenvalue weighted by Crippen LogP contribution is -2.42. The minimum absolute atomic E-state index is 0.0523. The van der Waals surface area contributed by atoms with Crippen molar-refractivity contribution in [3.05, 3.63) is 47.0 Å². The number of aromatic nitrogens is 2. The third kappa shape index (κ3) is 4.31. The van der Waals surface area contributed by atoms with Gasteiger partial charge in [-0.1, -0.05) is 13.0 Å². The Labute approximate surface area is 183 Å². The molecule has 2 saturated heterocycles. The third-order valence-corrected chi connectivity index (χ3v) is 7.73. The number of fused-ring (bicyclic) bond motifs is 1. The van der Waals surface area contributed by atoms with Crippen molar-refractivity contribution in [2.75, 3.05) is 32.9 Å². The Bertz CT molecular complexity index is 884. The molecule has 0 saturated carbocycles. The summed E-state index contributed by atoms with van der Waals surface area (Å²) in [5.74, 6) is 0.125. The Balaban J connectivity index is 1.19. The van der Waals surface area contributed by atoms with E-state index in [1.807, 2.05) is 10.2 Å². The fraction of sp³-hybridized carbons (Fsp3) is 0.571. The molecular weight excluding hydrogens is 422 g/mol. The van der Waals surface area contributed by atoms with Crippen LogP contribution in [-0.2, 0) is 22.6 Å². The van der Waals surface area contributed by atoms with Crippen LogP contribution in [0.4, 0.5) is 4.39 Å². The smallest absolute Gasteiger partial charge is 0.123 e. The zero-order valence-electron chi connectivity index (χ0n) is 17.2. The van der Waals surface area contributed by atoms with Gasteiger partial charge in [0.15, 0.2) is 0 Å². The van der Waals surface area contributed by atoms with E-state index in [0.717, 1.165) is 56.7 Å². The second-order valence-electron chi connectivity index (χ2n) is 8.43. The molecule has 0 amide bonds. The van der Waals surface area contributed by atoms with Crippen molar-refractivity contribution in [1.82, 2.24) is 18.4 Å². The number of ether oxygens (including phenoxy) is 2. The third-order valence-electron chi connectivity index (χ3n) is 6.25. The molecule has 0 radical (unpaired) electrons. The summed E-state index contributed by atoms with van der Waals surface area (Å²) < 4.78 is 29.7. The van der Waals surface area contributed by atoms with Crippen LogP contribution in [0.2, 0.25) is 0 Å². The van der Waals surface area contributed by atoms with E-state index in [2.05, 4.69) is 31.6 Å². The van der Waals surface area contributed by atoms with E-state index < -0.39 is 0 Å². The molecule has 1 aromatic heterocycles. The van der Waals surface area contributed by atoms with Gasteiger partial charge in [0, 0.05) is 44.0 Å². The highest BCUT2D eigenvalue weighted by Crippen LogP contribution is 2.37. The summed E-state index contributed by atoms with van der Waals surface area (Å²) in [5, 5.41) is 5.82. The lowest BCUT2D eigenvalue weighted by molar-refractivity contribution is -0.0705. The quantitative estimate of drug-likeness (QED) is 0.527. The standard InChI is InChI=1S/C21H28FN4O2PS/c1-14-8-17(13-28-21(14)18-9-16(22)2-3-20(18)29)24-10-15-11-26(23-19(15)12-24)30-25-4-6-27-7-5-25/h2-3,9,11,14,17,21H,4-8,10,12-13,29H2,1H3/t14?,17?,21-/m0/s1. The zero-order chi connectivity index (χ0) is 20.7. The summed E-state index contributed by atoms with van der Waals surface area (Å²) in [6.07, 6.45) is 3.15. The molecule has 1 aromatic carbocycles. The maximum atomic E-state index is 13.8. The van der Waals surface area contributed by atoms with Gasteiger partial charge in [-0.25, -0.2) is 8.70 Å². The van der Waals surface area contributed by atoms with Crippen LogP contribution in [0.25, 0.3) is 0 Å². The predicted octanol–water partition coefficient (Wildman–Crippen LogP) is 2.75. The van der Waals surface area contributed by atoms with Crippen LogP contribution in [0.1, 0.15) is 36.3 Å². The lowest BCUT2D eigenvalue weighted by atomic mass is 9.88. The van der Waals surface area contributed by atoms with Crippen molar-refractivity contribution in [2.45, 2.75) is 38.6 Å².